The summed E-state index contributed by atoms with van der Waals surface area (Å²) in [5.41, 5.74) is 5.18. The van der Waals surface area contributed by atoms with Gasteiger partial charge in [0.15, 0.2) is 6.23 Å². The van der Waals surface area contributed by atoms with Crippen molar-refractivity contribution in [3.8, 4) is 0 Å². The van der Waals surface area contributed by atoms with Crippen LogP contribution in [0.2, 0.25) is 0 Å². The summed E-state index contributed by atoms with van der Waals surface area (Å²) in [5.74, 6) is 0. The minimum Gasteiger partial charge on any atom is -0.379 e. The Kier molecular flexibility index (Phi) is 12.5. The van der Waals surface area contributed by atoms with Crippen molar-refractivity contribution in [3.05, 3.63) is 71.4 Å². The smallest absolute Gasteiger partial charge is 0.163 e. The first-order chi connectivity index (χ1) is 19.7. The van der Waals surface area contributed by atoms with Crippen molar-refractivity contribution in [3.63, 3.8) is 0 Å². The van der Waals surface area contributed by atoms with E-state index in [2.05, 4.69) is 87.0 Å². The second-order valence-electron chi connectivity index (χ2n) is 11.2. The highest BCUT2D eigenvalue weighted by Crippen LogP contribution is 2.36. The number of aromatic nitrogens is 1. The van der Waals surface area contributed by atoms with E-state index in [1.165, 1.54) is 27.6 Å². The average molecular weight is 550 g/mol. The molecule has 1 aliphatic rings. The Morgan fingerprint density at radius 2 is 1.48 bits per heavy atom. The van der Waals surface area contributed by atoms with Gasteiger partial charge >= 0.3 is 0 Å². The van der Waals surface area contributed by atoms with Crippen LogP contribution in [-0.4, -0.2) is 49.3 Å². The number of nitrogens with zero attached hydrogens (tertiary/aromatic N) is 1. The average Bonchev–Trinajstić information content (AvgIpc) is 3.34. The van der Waals surface area contributed by atoms with Crippen LogP contribution in [0.4, 0.5) is 0 Å². The van der Waals surface area contributed by atoms with Crippen LogP contribution in [0.1, 0.15) is 95.6 Å². The predicted molar refractivity (Wildman–Crippen MR) is 164 cm³/mol. The van der Waals surface area contributed by atoms with Gasteiger partial charge in [0.1, 0.15) is 6.10 Å². The van der Waals surface area contributed by atoms with Crippen LogP contribution >= 0.6 is 0 Å². The lowest BCUT2D eigenvalue weighted by atomic mass is 10.0. The molecule has 0 amide bonds. The van der Waals surface area contributed by atoms with Crippen molar-refractivity contribution >= 4 is 10.9 Å². The molecule has 4 rings (SSSR count). The molecule has 5 heteroatoms. The lowest BCUT2D eigenvalue weighted by molar-refractivity contribution is -0.233. The molecule has 1 aliphatic heterocycles. The highest BCUT2D eigenvalue weighted by atomic mass is 16.6. The van der Waals surface area contributed by atoms with Crippen LogP contribution in [0.5, 0.6) is 0 Å². The first kappa shape index (κ1) is 30.8. The Hall–Kier alpha value is -2.18. The molecule has 2 aromatic carbocycles. The number of aryl methyl sites for hydroxylation is 1. The van der Waals surface area contributed by atoms with E-state index in [-0.39, 0.29) is 24.5 Å². The van der Waals surface area contributed by atoms with Gasteiger partial charge < -0.3 is 23.5 Å². The van der Waals surface area contributed by atoms with Gasteiger partial charge in [-0.15, -0.1) is 0 Å². The van der Waals surface area contributed by atoms with E-state index in [1.54, 1.807) is 0 Å². The third-order valence-corrected chi connectivity index (χ3v) is 7.98. The first-order valence-electron chi connectivity index (χ1n) is 15.8. The molecule has 4 atom stereocenters. The molecule has 0 spiro atoms. The molecular formula is C35H51NO4. The maximum atomic E-state index is 6.87. The monoisotopic (exact) mass is 549 g/mol. The van der Waals surface area contributed by atoms with E-state index in [9.17, 15) is 0 Å². The zero-order valence-electron chi connectivity index (χ0n) is 25.3. The fraction of sp³-hybridized carbons (Fsp3) is 0.600. The summed E-state index contributed by atoms with van der Waals surface area (Å²) in [4.78, 5) is 0. The van der Waals surface area contributed by atoms with Crippen LogP contribution < -0.4 is 0 Å². The lowest BCUT2D eigenvalue weighted by Gasteiger charge is -2.42. The molecule has 3 unspecified atom stereocenters. The number of fused-ring (bicyclic) bond motifs is 1. The molecule has 0 radical (unpaired) electrons. The number of ether oxygens (including phenoxy) is 4. The molecule has 40 heavy (non-hydrogen) atoms. The van der Waals surface area contributed by atoms with Crippen molar-refractivity contribution in [2.75, 3.05) is 26.4 Å². The van der Waals surface area contributed by atoms with Crippen LogP contribution in [0, 0.1) is 0 Å². The van der Waals surface area contributed by atoms with Crippen molar-refractivity contribution < 1.29 is 18.9 Å². The van der Waals surface area contributed by atoms with Crippen molar-refractivity contribution in [1.82, 2.24) is 4.57 Å². The van der Waals surface area contributed by atoms with Gasteiger partial charge in [-0.1, -0.05) is 89.4 Å². The van der Waals surface area contributed by atoms with Gasteiger partial charge in [0.05, 0.1) is 24.3 Å². The highest BCUT2D eigenvalue weighted by molar-refractivity contribution is 5.84. The number of hydrogen-bond acceptors (Lipinski definition) is 4. The fourth-order valence-corrected chi connectivity index (χ4v) is 5.54. The molecule has 5 nitrogen and oxygen atoms in total. The summed E-state index contributed by atoms with van der Waals surface area (Å²) in [6.45, 7) is 11.6. The van der Waals surface area contributed by atoms with Crippen LogP contribution in [0.25, 0.3) is 10.9 Å². The number of rotatable bonds is 17. The van der Waals surface area contributed by atoms with Gasteiger partial charge in [-0.25, -0.2) is 0 Å². The summed E-state index contributed by atoms with van der Waals surface area (Å²) in [7, 11) is 0. The molecule has 3 aromatic rings. The summed E-state index contributed by atoms with van der Waals surface area (Å²) in [5, 5.41) is 1.27. The molecule has 0 N–H and O–H groups in total. The molecule has 0 aliphatic carbocycles. The highest BCUT2D eigenvalue weighted by Gasteiger charge is 2.42. The third-order valence-electron chi connectivity index (χ3n) is 7.98. The molecule has 220 valence electrons. The van der Waals surface area contributed by atoms with Gasteiger partial charge in [-0.2, -0.15) is 0 Å². The molecule has 2 heterocycles. The van der Waals surface area contributed by atoms with E-state index >= 15 is 0 Å². The molecule has 0 bridgehead atoms. The largest absolute Gasteiger partial charge is 0.379 e. The minimum atomic E-state index is -0.280. The minimum absolute atomic E-state index is 0.0341. The second kappa shape index (κ2) is 16.3. The summed E-state index contributed by atoms with van der Waals surface area (Å²) in [6, 6.07) is 17.7. The maximum Gasteiger partial charge on any atom is 0.163 e. The number of benzene rings is 2. The summed E-state index contributed by atoms with van der Waals surface area (Å²) < 4.78 is 28.4. The van der Waals surface area contributed by atoms with Gasteiger partial charge in [0.25, 0.3) is 0 Å². The van der Waals surface area contributed by atoms with Gasteiger partial charge in [-0.05, 0) is 54.9 Å². The van der Waals surface area contributed by atoms with E-state index < -0.39 is 0 Å². The normalized spacial score (nSPS) is 21.3. The van der Waals surface area contributed by atoms with Gasteiger partial charge in [0.2, 0.25) is 0 Å². The Balaban J connectivity index is 1.67. The molecule has 1 saturated heterocycles. The van der Waals surface area contributed by atoms with E-state index in [0.29, 0.717) is 13.2 Å². The van der Waals surface area contributed by atoms with E-state index in [0.717, 1.165) is 71.0 Å². The Morgan fingerprint density at radius 1 is 0.800 bits per heavy atom. The standard InChI is InChI=1S/C35H51NO4/c1-5-9-20-37-26-30-24-33(38-21-10-6-2)34(39-22-11-7-3)35(40-30)36-25-29(31-14-12-13-15-32(31)36)23-28-18-16-27(8-4)17-19-28/h12-19,25,30,33-35H,5-11,20-24,26H2,1-4H3/t30?,33?,34-,35?/m1/s1. The SMILES string of the molecule is CCCCOCC1CC(OCCCC)[C@@H](OCCCC)C(n2cc(Cc3ccc(CC)cc3)c3ccccc32)O1. The molecular weight excluding hydrogens is 498 g/mol. The molecule has 0 saturated carbocycles. The predicted octanol–water partition coefficient (Wildman–Crippen LogP) is 8.27. The maximum absolute atomic E-state index is 6.87. The van der Waals surface area contributed by atoms with Crippen molar-refractivity contribution in [1.29, 1.82) is 0 Å². The van der Waals surface area contributed by atoms with Crippen LogP contribution in [-0.2, 0) is 31.8 Å². The van der Waals surface area contributed by atoms with E-state index in [1.807, 2.05) is 0 Å². The summed E-state index contributed by atoms with van der Waals surface area (Å²) >= 11 is 0. The van der Waals surface area contributed by atoms with Crippen molar-refractivity contribution in [2.24, 2.45) is 0 Å². The zero-order chi connectivity index (χ0) is 28.2. The number of hydrogen-bond donors (Lipinski definition) is 0. The first-order valence-corrected chi connectivity index (χ1v) is 15.8. The zero-order valence-corrected chi connectivity index (χ0v) is 25.3. The second-order valence-corrected chi connectivity index (χ2v) is 11.2. The fourth-order valence-electron chi connectivity index (χ4n) is 5.54. The molecule has 1 fully saturated rings. The Bertz CT molecular complexity index is 1120. The van der Waals surface area contributed by atoms with Gasteiger partial charge in [-0.3, -0.25) is 0 Å². The van der Waals surface area contributed by atoms with E-state index in [4.69, 9.17) is 18.9 Å². The number of unbranched alkanes of at least 4 members (excludes halogenated alkanes) is 3. The Morgan fingerprint density at radius 3 is 2.20 bits per heavy atom. The third kappa shape index (κ3) is 8.19. The van der Waals surface area contributed by atoms with Crippen LogP contribution in [0.15, 0.2) is 54.7 Å². The topological polar surface area (TPSA) is 41.9 Å². The Labute approximate surface area is 242 Å². The summed E-state index contributed by atoms with van der Waals surface area (Å²) in [6.07, 6.45) is 11.0. The number of para-hydroxylation sites is 1. The van der Waals surface area contributed by atoms with Crippen LogP contribution in [0.3, 0.4) is 0 Å². The van der Waals surface area contributed by atoms with Gasteiger partial charge in [0, 0.05) is 37.8 Å². The quantitative estimate of drug-likeness (QED) is 0.159. The lowest BCUT2D eigenvalue weighted by Crippen LogP contribution is -2.49. The van der Waals surface area contributed by atoms with Crippen molar-refractivity contribution in [2.45, 2.75) is 110 Å². The molecule has 1 aromatic heterocycles.